The van der Waals surface area contributed by atoms with Gasteiger partial charge in [-0.3, -0.25) is 0 Å². The Balaban J connectivity index is 3.01. The topological polar surface area (TPSA) is 26.0 Å². The van der Waals surface area contributed by atoms with E-state index in [9.17, 15) is 4.39 Å². The van der Waals surface area contributed by atoms with Crippen molar-refractivity contribution in [1.29, 1.82) is 0 Å². The Morgan fingerprint density at radius 2 is 2.08 bits per heavy atom. The molecule has 0 aliphatic rings. The third-order valence-electron chi connectivity index (χ3n) is 1.99. The Morgan fingerprint density at radius 1 is 1.42 bits per heavy atom. The minimum Gasteiger partial charge on any atom is -0.322 e. The average molecular weight is 167 g/mol. The summed E-state index contributed by atoms with van der Waals surface area (Å²) in [4.78, 5) is 0. The number of aryl methyl sites for hydroxylation is 2. The monoisotopic (exact) mass is 167 g/mol. The lowest BCUT2D eigenvalue weighted by Gasteiger charge is -2.11. The molecule has 0 spiro atoms. The van der Waals surface area contributed by atoms with Crippen molar-refractivity contribution in [1.82, 2.24) is 0 Å². The van der Waals surface area contributed by atoms with E-state index in [1.54, 1.807) is 0 Å². The van der Waals surface area contributed by atoms with Crippen molar-refractivity contribution in [2.75, 3.05) is 6.67 Å². The molecule has 1 atom stereocenters. The van der Waals surface area contributed by atoms with Crippen LogP contribution >= 0.6 is 0 Å². The molecule has 0 fully saturated rings. The van der Waals surface area contributed by atoms with Gasteiger partial charge in [-0.15, -0.1) is 0 Å². The molecule has 2 heteroatoms. The highest BCUT2D eigenvalue weighted by Gasteiger charge is 2.07. The number of benzene rings is 1. The molecule has 0 heterocycles. The molecule has 0 saturated heterocycles. The van der Waals surface area contributed by atoms with Crippen LogP contribution in [-0.2, 0) is 0 Å². The minimum absolute atomic E-state index is 0.467. The normalized spacial score (nSPS) is 13.0. The third kappa shape index (κ3) is 1.83. The van der Waals surface area contributed by atoms with Crippen LogP contribution in [0.3, 0.4) is 0 Å². The fourth-order valence-corrected chi connectivity index (χ4v) is 1.32. The van der Waals surface area contributed by atoms with Crippen LogP contribution in [0.15, 0.2) is 18.2 Å². The van der Waals surface area contributed by atoms with Gasteiger partial charge in [0.15, 0.2) is 0 Å². The Bertz CT molecular complexity index is 271. The molecule has 0 radical (unpaired) electrons. The molecular formula is C10H14FN. The van der Waals surface area contributed by atoms with E-state index in [0.717, 1.165) is 11.1 Å². The summed E-state index contributed by atoms with van der Waals surface area (Å²) in [5.41, 5.74) is 8.73. The number of hydrogen-bond acceptors (Lipinski definition) is 1. The second-order valence-corrected chi connectivity index (χ2v) is 3.12. The van der Waals surface area contributed by atoms with Gasteiger partial charge in [-0.2, -0.15) is 0 Å². The van der Waals surface area contributed by atoms with Crippen molar-refractivity contribution < 1.29 is 4.39 Å². The summed E-state index contributed by atoms with van der Waals surface area (Å²) in [6.45, 7) is 3.47. The summed E-state index contributed by atoms with van der Waals surface area (Å²) >= 11 is 0. The first-order chi connectivity index (χ1) is 5.65. The molecule has 1 aromatic rings. The Labute approximate surface area is 72.4 Å². The molecule has 0 saturated carbocycles. The van der Waals surface area contributed by atoms with Crippen molar-refractivity contribution in [2.45, 2.75) is 19.9 Å². The highest BCUT2D eigenvalue weighted by atomic mass is 19.1. The molecule has 12 heavy (non-hydrogen) atoms. The first-order valence-corrected chi connectivity index (χ1v) is 4.04. The number of rotatable bonds is 2. The van der Waals surface area contributed by atoms with Crippen molar-refractivity contribution in [2.24, 2.45) is 5.73 Å². The average Bonchev–Trinajstić information content (AvgIpc) is 2.03. The van der Waals surface area contributed by atoms with Gasteiger partial charge in [-0.05, 0) is 25.0 Å². The van der Waals surface area contributed by atoms with E-state index >= 15 is 0 Å². The molecule has 66 valence electrons. The maximum Gasteiger partial charge on any atom is 0.109 e. The predicted octanol–water partition coefficient (Wildman–Crippen LogP) is 2.27. The van der Waals surface area contributed by atoms with E-state index in [4.69, 9.17) is 5.73 Å². The van der Waals surface area contributed by atoms with Gasteiger partial charge in [0.25, 0.3) is 0 Å². The van der Waals surface area contributed by atoms with Crippen LogP contribution in [0.25, 0.3) is 0 Å². The third-order valence-corrected chi connectivity index (χ3v) is 1.99. The first-order valence-electron chi connectivity index (χ1n) is 4.04. The summed E-state index contributed by atoms with van der Waals surface area (Å²) in [5, 5.41) is 0. The molecule has 0 aliphatic carbocycles. The van der Waals surface area contributed by atoms with Crippen LogP contribution < -0.4 is 5.73 Å². The summed E-state index contributed by atoms with van der Waals surface area (Å²) in [6, 6.07) is 5.41. The maximum absolute atomic E-state index is 12.2. The lowest BCUT2D eigenvalue weighted by molar-refractivity contribution is 0.436. The van der Waals surface area contributed by atoms with E-state index in [-0.39, 0.29) is 0 Å². The van der Waals surface area contributed by atoms with E-state index in [1.807, 2.05) is 32.0 Å². The van der Waals surface area contributed by atoms with Gasteiger partial charge in [0.1, 0.15) is 6.67 Å². The SMILES string of the molecule is Cc1ccc([C@@H](N)CF)c(C)c1. The molecule has 0 aliphatic heterocycles. The molecule has 0 aromatic heterocycles. The highest BCUT2D eigenvalue weighted by Crippen LogP contribution is 2.17. The van der Waals surface area contributed by atoms with E-state index in [2.05, 4.69) is 0 Å². The minimum atomic E-state index is -0.496. The first kappa shape index (κ1) is 9.20. The summed E-state index contributed by atoms with van der Waals surface area (Å²) in [7, 11) is 0. The van der Waals surface area contributed by atoms with Crippen molar-refractivity contribution in [3.8, 4) is 0 Å². The van der Waals surface area contributed by atoms with Crippen LogP contribution in [0.4, 0.5) is 4.39 Å². The highest BCUT2D eigenvalue weighted by molar-refractivity contribution is 5.32. The van der Waals surface area contributed by atoms with Crippen LogP contribution in [0, 0.1) is 13.8 Å². The van der Waals surface area contributed by atoms with Crippen LogP contribution in [0.5, 0.6) is 0 Å². The summed E-state index contributed by atoms with van der Waals surface area (Å²) < 4.78 is 12.2. The molecule has 0 bridgehead atoms. The van der Waals surface area contributed by atoms with Crippen LogP contribution in [0.2, 0.25) is 0 Å². The van der Waals surface area contributed by atoms with Crippen LogP contribution in [-0.4, -0.2) is 6.67 Å². The molecule has 0 amide bonds. The lowest BCUT2D eigenvalue weighted by Crippen LogP contribution is -2.13. The van der Waals surface area contributed by atoms with Crippen LogP contribution in [0.1, 0.15) is 22.7 Å². The quantitative estimate of drug-likeness (QED) is 0.718. The molecule has 0 unspecified atom stereocenters. The van der Waals surface area contributed by atoms with Crippen molar-refractivity contribution in [3.05, 3.63) is 34.9 Å². The molecule has 2 N–H and O–H groups in total. The van der Waals surface area contributed by atoms with Gasteiger partial charge >= 0.3 is 0 Å². The fourth-order valence-electron chi connectivity index (χ4n) is 1.32. The smallest absolute Gasteiger partial charge is 0.109 e. The zero-order valence-corrected chi connectivity index (χ0v) is 7.47. The van der Waals surface area contributed by atoms with Gasteiger partial charge < -0.3 is 5.73 Å². The van der Waals surface area contributed by atoms with E-state index in [0.29, 0.717) is 0 Å². The molecule has 1 aromatic carbocycles. The Kier molecular flexibility index (Phi) is 2.82. The van der Waals surface area contributed by atoms with E-state index in [1.165, 1.54) is 5.56 Å². The number of nitrogens with two attached hydrogens (primary N) is 1. The van der Waals surface area contributed by atoms with E-state index < -0.39 is 12.7 Å². The zero-order chi connectivity index (χ0) is 9.14. The molecule has 1 nitrogen and oxygen atoms in total. The van der Waals surface area contributed by atoms with Gasteiger partial charge in [0.05, 0.1) is 6.04 Å². The molecular weight excluding hydrogens is 153 g/mol. The largest absolute Gasteiger partial charge is 0.322 e. The van der Waals surface area contributed by atoms with Gasteiger partial charge in [-0.25, -0.2) is 4.39 Å². The summed E-state index contributed by atoms with van der Waals surface area (Å²) in [6.07, 6.45) is 0. The number of halogens is 1. The van der Waals surface area contributed by atoms with Crippen molar-refractivity contribution >= 4 is 0 Å². The Morgan fingerprint density at radius 3 is 2.58 bits per heavy atom. The fraction of sp³-hybridized carbons (Fsp3) is 0.400. The standard InChI is InChI=1S/C10H14FN/c1-7-3-4-9(8(2)5-7)10(12)6-11/h3-5,10H,6,12H2,1-2H3/t10-/m0/s1. The predicted molar refractivity (Wildman–Crippen MR) is 48.8 cm³/mol. The second-order valence-electron chi connectivity index (χ2n) is 3.12. The zero-order valence-electron chi connectivity index (χ0n) is 7.47. The van der Waals surface area contributed by atoms with Gasteiger partial charge in [-0.1, -0.05) is 23.8 Å². The number of alkyl halides is 1. The number of hydrogen-bond donors (Lipinski definition) is 1. The lowest BCUT2D eigenvalue weighted by atomic mass is 10.0. The van der Waals surface area contributed by atoms with Gasteiger partial charge in [0.2, 0.25) is 0 Å². The second kappa shape index (κ2) is 3.68. The Hall–Kier alpha value is -0.890. The van der Waals surface area contributed by atoms with Gasteiger partial charge in [0, 0.05) is 0 Å². The summed E-state index contributed by atoms with van der Waals surface area (Å²) in [5.74, 6) is 0. The van der Waals surface area contributed by atoms with Crippen molar-refractivity contribution in [3.63, 3.8) is 0 Å². The maximum atomic E-state index is 12.2. The molecule has 1 rings (SSSR count).